The molecule has 1 aliphatic heterocycles. The van der Waals surface area contributed by atoms with Crippen molar-refractivity contribution in [1.29, 1.82) is 0 Å². The molecule has 0 radical (unpaired) electrons. The standard InChI is InChI=1S/C21H19N3O/c1-15-5-4-7-20-23-19-13-16(8-10-17-6-2-3-12-22-17)9-11-18(19)21(25)24(20)14-15/h2-3,6,9,11-13,15H,4-5,7,14H2,1H3. The number of aromatic nitrogens is 3. The van der Waals surface area contributed by atoms with Gasteiger partial charge in [-0.25, -0.2) is 9.97 Å². The minimum absolute atomic E-state index is 0.0676. The highest BCUT2D eigenvalue weighted by molar-refractivity contribution is 5.79. The second-order valence-electron chi connectivity index (χ2n) is 6.64. The lowest BCUT2D eigenvalue weighted by molar-refractivity contribution is 0.457. The maximum atomic E-state index is 12.8. The van der Waals surface area contributed by atoms with Gasteiger partial charge in [-0.3, -0.25) is 9.36 Å². The second-order valence-corrected chi connectivity index (χ2v) is 6.64. The van der Waals surface area contributed by atoms with Gasteiger partial charge in [-0.1, -0.05) is 18.9 Å². The molecule has 0 saturated heterocycles. The van der Waals surface area contributed by atoms with Crippen molar-refractivity contribution in [2.24, 2.45) is 5.92 Å². The number of fused-ring (bicyclic) bond motifs is 2. The van der Waals surface area contributed by atoms with Crippen molar-refractivity contribution in [2.45, 2.75) is 32.7 Å². The van der Waals surface area contributed by atoms with Crippen LogP contribution in [0.4, 0.5) is 0 Å². The van der Waals surface area contributed by atoms with Crippen molar-refractivity contribution in [2.75, 3.05) is 0 Å². The third kappa shape index (κ3) is 3.18. The fraction of sp³-hybridized carbons (Fsp3) is 0.286. The Morgan fingerprint density at radius 1 is 1.20 bits per heavy atom. The normalized spacial score (nSPS) is 16.6. The van der Waals surface area contributed by atoms with Gasteiger partial charge in [-0.15, -0.1) is 0 Å². The summed E-state index contributed by atoms with van der Waals surface area (Å²) in [6.45, 7) is 2.96. The van der Waals surface area contributed by atoms with E-state index < -0.39 is 0 Å². The van der Waals surface area contributed by atoms with Gasteiger partial charge in [0.05, 0.1) is 10.9 Å². The highest BCUT2D eigenvalue weighted by Gasteiger charge is 2.17. The zero-order valence-corrected chi connectivity index (χ0v) is 14.2. The molecule has 124 valence electrons. The third-order valence-electron chi connectivity index (χ3n) is 4.63. The quantitative estimate of drug-likeness (QED) is 0.595. The first kappa shape index (κ1) is 15.6. The lowest BCUT2D eigenvalue weighted by Gasteiger charge is -2.12. The fourth-order valence-corrected chi connectivity index (χ4v) is 3.31. The number of pyridine rings is 1. The Hall–Kier alpha value is -2.93. The van der Waals surface area contributed by atoms with E-state index in [9.17, 15) is 4.79 Å². The zero-order valence-electron chi connectivity index (χ0n) is 14.2. The van der Waals surface area contributed by atoms with Crippen molar-refractivity contribution in [1.82, 2.24) is 14.5 Å². The van der Waals surface area contributed by atoms with Gasteiger partial charge < -0.3 is 0 Å². The molecule has 1 atom stereocenters. The predicted octanol–water partition coefficient (Wildman–Crippen LogP) is 3.16. The molecule has 1 aliphatic rings. The summed E-state index contributed by atoms with van der Waals surface area (Å²) in [5, 5.41) is 0.668. The van der Waals surface area contributed by atoms with E-state index in [-0.39, 0.29) is 5.56 Å². The van der Waals surface area contributed by atoms with Gasteiger partial charge in [0.15, 0.2) is 0 Å². The zero-order chi connectivity index (χ0) is 17.2. The molecule has 0 fully saturated rings. The van der Waals surface area contributed by atoms with E-state index >= 15 is 0 Å². The summed E-state index contributed by atoms with van der Waals surface area (Å²) in [5.74, 6) is 7.57. The van der Waals surface area contributed by atoms with Gasteiger partial charge in [-0.2, -0.15) is 0 Å². The summed E-state index contributed by atoms with van der Waals surface area (Å²) in [6.07, 6.45) is 4.81. The third-order valence-corrected chi connectivity index (χ3v) is 4.63. The number of rotatable bonds is 0. The minimum Gasteiger partial charge on any atom is -0.296 e. The first-order chi connectivity index (χ1) is 12.2. The number of aryl methyl sites for hydroxylation is 1. The molecule has 1 aromatic carbocycles. The molecule has 3 aromatic rings. The van der Waals surface area contributed by atoms with Crippen molar-refractivity contribution in [3.8, 4) is 11.8 Å². The van der Waals surface area contributed by atoms with E-state index in [0.29, 0.717) is 11.3 Å². The van der Waals surface area contributed by atoms with Crippen LogP contribution in [0.25, 0.3) is 10.9 Å². The maximum absolute atomic E-state index is 12.8. The van der Waals surface area contributed by atoms with E-state index in [1.807, 2.05) is 41.0 Å². The van der Waals surface area contributed by atoms with Crippen LogP contribution >= 0.6 is 0 Å². The van der Waals surface area contributed by atoms with Gasteiger partial charge in [0.1, 0.15) is 11.5 Å². The first-order valence-corrected chi connectivity index (χ1v) is 8.67. The molecule has 0 amide bonds. The molecule has 0 saturated carbocycles. The Morgan fingerprint density at radius 3 is 2.96 bits per heavy atom. The Morgan fingerprint density at radius 2 is 2.12 bits per heavy atom. The van der Waals surface area contributed by atoms with Crippen LogP contribution < -0.4 is 5.56 Å². The van der Waals surface area contributed by atoms with Crippen LogP contribution in [0.3, 0.4) is 0 Å². The number of nitrogens with zero attached hydrogens (tertiary/aromatic N) is 3. The van der Waals surface area contributed by atoms with E-state index in [1.54, 1.807) is 6.20 Å². The Bertz CT molecular complexity index is 1040. The molecule has 0 spiro atoms. The lowest BCUT2D eigenvalue weighted by atomic mass is 10.1. The minimum atomic E-state index is 0.0676. The van der Waals surface area contributed by atoms with Crippen LogP contribution in [-0.4, -0.2) is 14.5 Å². The highest BCUT2D eigenvalue weighted by Crippen LogP contribution is 2.19. The topological polar surface area (TPSA) is 47.8 Å². The summed E-state index contributed by atoms with van der Waals surface area (Å²) < 4.78 is 1.86. The maximum Gasteiger partial charge on any atom is 0.261 e. The molecule has 25 heavy (non-hydrogen) atoms. The summed E-state index contributed by atoms with van der Waals surface area (Å²) in [7, 11) is 0. The average Bonchev–Trinajstić information content (AvgIpc) is 2.82. The summed E-state index contributed by atoms with van der Waals surface area (Å²) in [4.78, 5) is 21.8. The van der Waals surface area contributed by atoms with Gasteiger partial charge >= 0.3 is 0 Å². The molecule has 4 rings (SSSR count). The molecule has 2 aromatic heterocycles. The fourth-order valence-electron chi connectivity index (χ4n) is 3.31. The van der Waals surface area contributed by atoms with Crippen LogP contribution in [0.2, 0.25) is 0 Å². The number of hydrogen-bond acceptors (Lipinski definition) is 3. The van der Waals surface area contributed by atoms with Crippen molar-refractivity contribution in [3.63, 3.8) is 0 Å². The summed E-state index contributed by atoms with van der Waals surface area (Å²) >= 11 is 0. The van der Waals surface area contributed by atoms with E-state index in [1.165, 1.54) is 0 Å². The summed E-state index contributed by atoms with van der Waals surface area (Å²) in [5.41, 5.74) is 2.38. The molecule has 0 aliphatic carbocycles. The van der Waals surface area contributed by atoms with Gasteiger partial charge in [0.2, 0.25) is 0 Å². The van der Waals surface area contributed by atoms with Gasteiger partial charge in [-0.05, 0) is 55.0 Å². The second kappa shape index (κ2) is 6.52. The molecule has 3 heterocycles. The van der Waals surface area contributed by atoms with E-state index in [4.69, 9.17) is 4.98 Å². The largest absolute Gasteiger partial charge is 0.296 e. The smallest absolute Gasteiger partial charge is 0.261 e. The average molecular weight is 329 g/mol. The Labute approximate surface area is 146 Å². The van der Waals surface area contributed by atoms with Crippen molar-refractivity contribution < 1.29 is 0 Å². The molecular weight excluding hydrogens is 310 g/mol. The van der Waals surface area contributed by atoms with E-state index in [2.05, 4.69) is 23.7 Å². The molecule has 1 unspecified atom stereocenters. The van der Waals surface area contributed by atoms with Crippen LogP contribution in [0.1, 0.15) is 36.8 Å². The number of benzene rings is 1. The van der Waals surface area contributed by atoms with E-state index in [0.717, 1.165) is 48.4 Å². The van der Waals surface area contributed by atoms with Crippen LogP contribution in [0, 0.1) is 17.8 Å². The molecular formula is C21H19N3O. The SMILES string of the molecule is CC1CCCc2nc3cc(C#Cc4ccccn4)ccc3c(=O)n2C1. The monoisotopic (exact) mass is 329 g/mol. The number of hydrogen-bond donors (Lipinski definition) is 0. The van der Waals surface area contributed by atoms with Crippen molar-refractivity contribution in [3.05, 3.63) is 70.0 Å². The Kier molecular flexibility index (Phi) is 4.07. The van der Waals surface area contributed by atoms with Gasteiger partial charge in [0, 0.05) is 24.7 Å². The lowest BCUT2D eigenvalue weighted by Crippen LogP contribution is -2.26. The highest BCUT2D eigenvalue weighted by atomic mass is 16.1. The van der Waals surface area contributed by atoms with Crippen LogP contribution in [-0.2, 0) is 13.0 Å². The predicted molar refractivity (Wildman–Crippen MR) is 98.3 cm³/mol. The van der Waals surface area contributed by atoms with Gasteiger partial charge in [0.25, 0.3) is 5.56 Å². The Balaban J connectivity index is 1.78. The summed E-state index contributed by atoms with van der Waals surface area (Å²) in [6, 6.07) is 11.3. The van der Waals surface area contributed by atoms with Crippen LogP contribution in [0.15, 0.2) is 47.4 Å². The molecule has 4 heteroatoms. The first-order valence-electron chi connectivity index (χ1n) is 8.67. The van der Waals surface area contributed by atoms with Crippen molar-refractivity contribution >= 4 is 10.9 Å². The molecule has 0 N–H and O–H groups in total. The van der Waals surface area contributed by atoms with Crippen LogP contribution in [0.5, 0.6) is 0 Å². The molecule has 4 nitrogen and oxygen atoms in total. The molecule has 0 bridgehead atoms.